The van der Waals surface area contributed by atoms with Crippen LogP contribution >= 0.6 is 0 Å². The van der Waals surface area contributed by atoms with Crippen molar-refractivity contribution in [1.82, 2.24) is 24.6 Å². The van der Waals surface area contributed by atoms with Gasteiger partial charge in [0, 0.05) is 57.7 Å². The van der Waals surface area contributed by atoms with Gasteiger partial charge in [0.1, 0.15) is 23.0 Å². The predicted octanol–water partition coefficient (Wildman–Crippen LogP) is 3.91. The molecule has 8 heteroatoms. The average Bonchev–Trinajstić information content (AvgIpc) is 3.49. The minimum atomic E-state index is 0.430. The minimum absolute atomic E-state index is 0.430. The van der Waals surface area contributed by atoms with E-state index in [9.17, 15) is 0 Å². The molecule has 0 bridgehead atoms. The average molecular weight is 450 g/mol. The van der Waals surface area contributed by atoms with Gasteiger partial charge in [0.05, 0.1) is 11.4 Å². The van der Waals surface area contributed by atoms with Gasteiger partial charge in [-0.05, 0) is 44.9 Å². The van der Waals surface area contributed by atoms with Gasteiger partial charge in [-0.3, -0.25) is 4.98 Å². The third-order valence-electron chi connectivity index (χ3n) is 6.79. The van der Waals surface area contributed by atoms with Crippen molar-refractivity contribution in [3.05, 3.63) is 29.7 Å². The first-order valence-electron chi connectivity index (χ1n) is 12.3. The van der Waals surface area contributed by atoms with E-state index in [0.29, 0.717) is 12.0 Å². The third-order valence-corrected chi connectivity index (χ3v) is 6.79. The van der Waals surface area contributed by atoms with E-state index in [4.69, 9.17) is 19.8 Å². The summed E-state index contributed by atoms with van der Waals surface area (Å²) in [5, 5.41) is 5.01. The Labute approximate surface area is 196 Å². The lowest BCUT2D eigenvalue weighted by atomic mass is 10.1. The molecule has 0 saturated carbocycles. The number of hydrogen-bond acceptors (Lipinski definition) is 7. The summed E-state index contributed by atoms with van der Waals surface area (Å²) in [5.74, 6) is 2.64. The Morgan fingerprint density at radius 2 is 1.88 bits per heavy atom. The van der Waals surface area contributed by atoms with Crippen molar-refractivity contribution in [3.8, 4) is 11.4 Å². The number of aryl methyl sites for hydroxylation is 1. The number of fused-ring (bicyclic) bond motifs is 1. The molecule has 5 rings (SSSR count). The Hall–Kier alpha value is -2.74. The van der Waals surface area contributed by atoms with E-state index in [1.54, 1.807) is 0 Å². The summed E-state index contributed by atoms with van der Waals surface area (Å²) < 4.78 is 7.59. The Bertz CT molecular complexity index is 1110. The summed E-state index contributed by atoms with van der Waals surface area (Å²) >= 11 is 0. The van der Waals surface area contributed by atoms with Crippen LogP contribution < -0.4 is 9.80 Å². The molecule has 2 saturated heterocycles. The molecule has 0 atom stereocenters. The zero-order valence-corrected chi connectivity index (χ0v) is 20.3. The summed E-state index contributed by atoms with van der Waals surface area (Å²) in [6.07, 6.45) is 7.29. The van der Waals surface area contributed by atoms with Crippen molar-refractivity contribution in [2.45, 2.75) is 58.9 Å². The van der Waals surface area contributed by atoms with Crippen LogP contribution in [0.4, 0.5) is 11.6 Å². The van der Waals surface area contributed by atoms with Crippen molar-refractivity contribution in [3.63, 3.8) is 0 Å². The molecule has 33 heavy (non-hydrogen) atoms. The summed E-state index contributed by atoms with van der Waals surface area (Å²) in [4.78, 5) is 19.3. The molecule has 2 aliphatic rings. The van der Waals surface area contributed by atoms with Crippen LogP contribution in [0.5, 0.6) is 0 Å². The summed E-state index contributed by atoms with van der Waals surface area (Å²) in [6, 6.07) is 4.70. The molecule has 2 aliphatic heterocycles. The molecule has 0 aromatic carbocycles. The number of rotatable bonds is 6. The van der Waals surface area contributed by atoms with Crippen LogP contribution in [0.15, 0.2) is 18.3 Å². The van der Waals surface area contributed by atoms with Crippen molar-refractivity contribution >= 4 is 17.3 Å². The van der Waals surface area contributed by atoms with Crippen LogP contribution in [0.1, 0.15) is 50.9 Å². The highest BCUT2D eigenvalue weighted by Gasteiger charge is 2.25. The van der Waals surface area contributed by atoms with Gasteiger partial charge in [0.25, 0.3) is 0 Å². The van der Waals surface area contributed by atoms with Gasteiger partial charge in [-0.2, -0.15) is 9.61 Å². The molecular formula is C25H35N7O. The second-order valence-electron chi connectivity index (χ2n) is 9.81. The molecule has 3 aromatic heterocycles. The molecule has 0 aliphatic carbocycles. The maximum atomic E-state index is 5.61. The predicted molar refractivity (Wildman–Crippen MR) is 131 cm³/mol. The molecule has 8 nitrogen and oxygen atoms in total. The van der Waals surface area contributed by atoms with E-state index in [-0.39, 0.29) is 0 Å². The minimum Gasteiger partial charge on any atom is -0.381 e. The van der Waals surface area contributed by atoms with Crippen LogP contribution in [0.25, 0.3) is 17.0 Å². The molecule has 2 fully saturated rings. The number of ether oxygens (including phenoxy) is 1. The van der Waals surface area contributed by atoms with E-state index in [0.717, 1.165) is 85.6 Å². The van der Waals surface area contributed by atoms with Crippen LogP contribution in [0.3, 0.4) is 0 Å². The van der Waals surface area contributed by atoms with E-state index in [1.165, 1.54) is 12.8 Å². The van der Waals surface area contributed by atoms with E-state index >= 15 is 0 Å². The number of aromatic nitrogens is 5. The first kappa shape index (κ1) is 22.1. The van der Waals surface area contributed by atoms with Crippen molar-refractivity contribution < 1.29 is 4.74 Å². The quantitative estimate of drug-likeness (QED) is 0.565. The maximum absolute atomic E-state index is 5.61. The maximum Gasteiger partial charge on any atom is 0.160 e. The highest BCUT2D eigenvalue weighted by atomic mass is 16.5. The topological polar surface area (TPSA) is 71.7 Å². The standard InChI is InChI=1S/C25H35N7O/c1-17(2)13-19-16-26-18(3)25(27-19)21-14-23-28-22(31-9-5-6-10-31)15-24(32(23)29-21)30(4)20-7-11-33-12-8-20/h14-17,20H,5-13H2,1-4H3. The molecule has 0 amide bonds. The lowest BCUT2D eigenvalue weighted by Crippen LogP contribution is -2.38. The van der Waals surface area contributed by atoms with Crippen LogP contribution in [-0.2, 0) is 11.2 Å². The second-order valence-corrected chi connectivity index (χ2v) is 9.81. The first-order chi connectivity index (χ1) is 16.0. The van der Waals surface area contributed by atoms with Gasteiger partial charge in [-0.25, -0.2) is 9.97 Å². The normalized spacial score (nSPS) is 17.4. The van der Waals surface area contributed by atoms with Gasteiger partial charge >= 0.3 is 0 Å². The third kappa shape index (κ3) is 4.53. The fourth-order valence-electron chi connectivity index (χ4n) is 4.93. The van der Waals surface area contributed by atoms with Crippen molar-refractivity contribution in [2.75, 3.05) is 43.2 Å². The lowest BCUT2D eigenvalue weighted by molar-refractivity contribution is 0.0853. The Morgan fingerprint density at radius 3 is 2.61 bits per heavy atom. The van der Waals surface area contributed by atoms with Gasteiger partial charge in [0.2, 0.25) is 0 Å². The molecule has 3 aromatic rings. The van der Waals surface area contributed by atoms with E-state index in [1.807, 2.05) is 17.6 Å². The van der Waals surface area contributed by atoms with E-state index < -0.39 is 0 Å². The molecule has 0 radical (unpaired) electrons. The van der Waals surface area contributed by atoms with Gasteiger partial charge in [0.15, 0.2) is 5.65 Å². The molecule has 0 N–H and O–H groups in total. The Balaban J connectivity index is 1.60. The largest absolute Gasteiger partial charge is 0.381 e. The fraction of sp³-hybridized carbons (Fsp3) is 0.600. The smallest absolute Gasteiger partial charge is 0.160 e. The molecule has 0 unspecified atom stereocenters. The summed E-state index contributed by atoms with van der Waals surface area (Å²) in [6.45, 7) is 10.2. The first-order valence-corrected chi connectivity index (χ1v) is 12.3. The number of nitrogens with zero attached hydrogens (tertiary/aromatic N) is 7. The number of hydrogen-bond donors (Lipinski definition) is 0. The lowest BCUT2D eigenvalue weighted by Gasteiger charge is -2.33. The van der Waals surface area contributed by atoms with Crippen molar-refractivity contribution in [2.24, 2.45) is 5.92 Å². The SMILES string of the molecule is Cc1ncc(CC(C)C)nc1-c1cc2nc(N3CCCC3)cc(N(C)C3CCOCC3)n2n1. The van der Waals surface area contributed by atoms with Gasteiger partial charge in [-0.15, -0.1) is 0 Å². The van der Waals surface area contributed by atoms with E-state index in [2.05, 4.69) is 47.8 Å². The molecule has 5 heterocycles. The Kier molecular flexibility index (Phi) is 6.19. The highest BCUT2D eigenvalue weighted by Crippen LogP contribution is 2.30. The molecule has 176 valence electrons. The van der Waals surface area contributed by atoms with Crippen molar-refractivity contribution in [1.29, 1.82) is 0 Å². The molecular weight excluding hydrogens is 414 g/mol. The van der Waals surface area contributed by atoms with Crippen LogP contribution in [-0.4, -0.2) is 64.0 Å². The zero-order chi connectivity index (χ0) is 22.9. The van der Waals surface area contributed by atoms with Gasteiger partial charge < -0.3 is 14.5 Å². The van der Waals surface area contributed by atoms with Crippen LogP contribution in [0, 0.1) is 12.8 Å². The zero-order valence-electron chi connectivity index (χ0n) is 20.3. The number of anilines is 2. The van der Waals surface area contributed by atoms with Crippen LogP contribution in [0.2, 0.25) is 0 Å². The monoisotopic (exact) mass is 449 g/mol. The summed E-state index contributed by atoms with van der Waals surface area (Å²) in [7, 11) is 2.17. The van der Waals surface area contributed by atoms with Gasteiger partial charge in [-0.1, -0.05) is 13.8 Å². The fourth-order valence-corrected chi connectivity index (χ4v) is 4.93. The Morgan fingerprint density at radius 1 is 1.12 bits per heavy atom. The molecule has 0 spiro atoms. The summed E-state index contributed by atoms with van der Waals surface area (Å²) in [5.41, 5.74) is 4.44. The second kappa shape index (κ2) is 9.25. The highest BCUT2D eigenvalue weighted by molar-refractivity contribution is 5.67.